The Morgan fingerprint density at radius 2 is 2.06 bits per heavy atom. The molecule has 100 valence electrons. The first kappa shape index (κ1) is 15.1. The molecule has 0 saturated heterocycles. The van der Waals surface area contributed by atoms with Gasteiger partial charge < -0.3 is 0 Å². The Hall–Kier alpha value is -0.940. The first-order chi connectivity index (χ1) is 8.37. The van der Waals surface area contributed by atoms with Crippen LogP contribution in [0, 0.1) is 5.82 Å². The van der Waals surface area contributed by atoms with Crippen molar-refractivity contribution in [3.8, 4) is 0 Å². The van der Waals surface area contributed by atoms with Gasteiger partial charge in [0.25, 0.3) is 0 Å². The molecule has 0 unspecified atom stereocenters. The molecule has 0 saturated carbocycles. The van der Waals surface area contributed by atoms with Crippen molar-refractivity contribution in [3.05, 3.63) is 34.6 Å². The maximum Gasteiger partial charge on any atom is 0.164 e. The molecule has 0 atom stereocenters. The van der Waals surface area contributed by atoms with E-state index in [-0.39, 0.29) is 40.7 Å². The Kier molecular flexibility index (Phi) is 5.28. The van der Waals surface area contributed by atoms with E-state index in [4.69, 9.17) is 11.6 Å². The van der Waals surface area contributed by atoms with Gasteiger partial charge in [-0.05, 0) is 18.6 Å². The number of ketones is 1. The third kappa shape index (κ3) is 4.07. The van der Waals surface area contributed by atoms with Crippen molar-refractivity contribution >= 4 is 27.2 Å². The van der Waals surface area contributed by atoms with Gasteiger partial charge in [-0.3, -0.25) is 4.79 Å². The second-order valence-corrected chi connectivity index (χ2v) is 6.72. The smallest absolute Gasteiger partial charge is 0.164 e. The summed E-state index contributed by atoms with van der Waals surface area (Å²) in [4.78, 5) is 11.7. The average molecular weight is 293 g/mol. The molecule has 18 heavy (non-hydrogen) atoms. The molecule has 0 amide bonds. The van der Waals surface area contributed by atoms with Crippen LogP contribution in [0.3, 0.4) is 0 Å². The SMILES string of the molecule is CCS(=O)(=O)CCCC(=O)c1cccc(F)c1Cl. The maximum absolute atomic E-state index is 13.1. The fourth-order valence-electron chi connectivity index (χ4n) is 1.45. The highest BCUT2D eigenvalue weighted by atomic mass is 35.5. The zero-order chi connectivity index (χ0) is 13.8. The molecule has 0 heterocycles. The number of hydrogen-bond acceptors (Lipinski definition) is 3. The van der Waals surface area contributed by atoms with Crippen molar-refractivity contribution in [3.63, 3.8) is 0 Å². The lowest BCUT2D eigenvalue weighted by atomic mass is 10.1. The van der Waals surface area contributed by atoms with Crippen LogP contribution >= 0.6 is 11.6 Å². The molecule has 0 spiro atoms. The normalized spacial score (nSPS) is 11.5. The largest absolute Gasteiger partial charge is 0.294 e. The Labute approximate surface area is 111 Å². The van der Waals surface area contributed by atoms with Crippen molar-refractivity contribution in [1.82, 2.24) is 0 Å². The molecular formula is C12H14ClFO3S. The van der Waals surface area contributed by atoms with Crippen molar-refractivity contribution in [1.29, 1.82) is 0 Å². The number of benzene rings is 1. The number of Topliss-reactive ketones (excluding diaryl/α,β-unsaturated/α-hetero) is 1. The summed E-state index contributed by atoms with van der Waals surface area (Å²) in [6.45, 7) is 1.56. The van der Waals surface area contributed by atoms with Crippen LogP contribution in [0.1, 0.15) is 30.1 Å². The number of carbonyl (C=O) groups excluding carboxylic acids is 1. The predicted molar refractivity (Wildman–Crippen MR) is 69.3 cm³/mol. The number of halogens is 2. The topological polar surface area (TPSA) is 51.2 Å². The van der Waals surface area contributed by atoms with Gasteiger partial charge in [0.1, 0.15) is 15.7 Å². The summed E-state index contributed by atoms with van der Waals surface area (Å²) in [5.41, 5.74) is 0.102. The van der Waals surface area contributed by atoms with Gasteiger partial charge in [0.15, 0.2) is 5.78 Å². The summed E-state index contributed by atoms with van der Waals surface area (Å²) in [7, 11) is -3.07. The van der Waals surface area contributed by atoms with Crippen LogP contribution in [0.15, 0.2) is 18.2 Å². The van der Waals surface area contributed by atoms with Crippen LogP contribution in [0.25, 0.3) is 0 Å². The van der Waals surface area contributed by atoms with E-state index in [0.29, 0.717) is 0 Å². The minimum absolute atomic E-state index is 0.0395. The summed E-state index contributed by atoms with van der Waals surface area (Å²) in [5, 5.41) is -0.208. The van der Waals surface area contributed by atoms with E-state index >= 15 is 0 Å². The summed E-state index contributed by atoms with van der Waals surface area (Å²) in [5.74, 6) is -0.973. The molecule has 1 aromatic carbocycles. The van der Waals surface area contributed by atoms with E-state index in [9.17, 15) is 17.6 Å². The van der Waals surface area contributed by atoms with E-state index < -0.39 is 15.7 Å². The molecule has 1 rings (SSSR count). The van der Waals surface area contributed by atoms with Crippen LogP contribution in [0.4, 0.5) is 4.39 Å². The molecule has 6 heteroatoms. The fraction of sp³-hybridized carbons (Fsp3) is 0.417. The first-order valence-electron chi connectivity index (χ1n) is 5.55. The van der Waals surface area contributed by atoms with E-state index in [1.165, 1.54) is 18.2 Å². The van der Waals surface area contributed by atoms with Crippen LogP contribution in [-0.4, -0.2) is 25.7 Å². The molecule has 0 fully saturated rings. The fourth-order valence-corrected chi connectivity index (χ4v) is 2.56. The average Bonchev–Trinajstić information content (AvgIpc) is 2.32. The second kappa shape index (κ2) is 6.29. The number of carbonyl (C=O) groups is 1. The highest BCUT2D eigenvalue weighted by molar-refractivity contribution is 7.91. The summed E-state index contributed by atoms with van der Waals surface area (Å²) in [6, 6.07) is 4.00. The zero-order valence-corrected chi connectivity index (χ0v) is 11.5. The highest BCUT2D eigenvalue weighted by Crippen LogP contribution is 2.21. The monoisotopic (exact) mass is 292 g/mol. The Bertz CT molecular complexity index is 540. The molecule has 0 aliphatic heterocycles. The molecule has 0 aliphatic carbocycles. The standard InChI is InChI=1S/C12H14ClFO3S/c1-2-18(16,17)8-4-7-11(15)9-5-3-6-10(14)12(9)13/h3,5-6H,2,4,7-8H2,1H3. The lowest BCUT2D eigenvalue weighted by molar-refractivity contribution is 0.0981. The van der Waals surface area contributed by atoms with Gasteiger partial charge in [-0.25, -0.2) is 12.8 Å². The molecule has 0 aliphatic rings. The minimum atomic E-state index is -3.07. The third-order valence-electron chi connectivity index (χ3n) is 2.55. The van der Waals surface area contributed by atoms with E-state index in [1.54, 1.807) is 6.92 Å². The minimum Gasteiger partial charge on any atom is -0.294 e. The summed E-state index contributed by atoms with van der Waals surface area (Å²) >= 11 is 5.67. The second-order valence-electron chi connectivity index (χ2n) is 3.86. The lowest BCUT2D eigenvalue weighted by Crippen LogP contribution is -2.10. The van der Waals surface area contributed by atoms with Gasteiger partial charge in [0.2, 0.25) is 0 Å². The molecule has 0 aromatic heterocycles. The molecule has 0 radical (unpaired) electrons. The van der Waals surface area contributed by atoms with Crippen LogP contribution in [0.5, 0.6) is 0 Å². The van der Waals surface area contributed by atoms with Crippen LogP contribution in [-0.2, 0) is 9.84 Å². The van der Waals surface area contributed by atoms with Gasteiger partial charge >= 0.3 is 0 Å². The Morgan fingerprint density at radius 1 is 1.39 bits per heavy atom. The Balaban J connectivity index is 2.64. The number of sulfone groups is 1. The molecular weight excluding hydrogens is 279 g/mol. The maximum atomic E-state index is 13.1. The van der Waals surface area contributed by atoms with Gasteiger partial charge in [-0.2, -0.15) is 0 Å². The quantitative estimate of drug-likeness (QED) is 0.758. The first-order valence-corrected chi connectivity index (χ1v) is 7.75. The van der Waals surface area contributed by atoms with Crippen molar-refractivity contribution in [2.45, 2.75) is 19.8 Å². The summed E-state index contributed by atoms with van der Waals surface area (Å²) < 4.78 is 35.6. The highest BCUT2D eigenvalue weighted by Gasteiger charge is 2.14. The number of rotatable bonds is 6. The van der Waals surface area contributed by atoms with Gasteiger partial charge in [0, 0.05) is 17.7 Å². The molecule has 0 bridgehead atoms. The van der Waals surface area contributed by atoms with Gasteiger partial charge in [-0.1, -0.05) is 24.6 Å². The summed E-state index contributed by atoms with van der Waals surface area (Å²) in [6.07, 6.45) is 0.268. The van der Waals surface area contributed by atoms with Gasteiger partial charge in [0.05, 0.1) is 10.8 Å². The van der Waals surface area contributed by atoms with Crippen LogP contribution < -0.4 is 0 Å². The zero-order valence-electron chi connectivity index (χ0n) is 9.95. The third-order valence-corrected chi connectivity index (χ3v) is 4.73. The van der Waals surface area contributed by atoms with Gasteiger partial charge in [-0.15, -0.1) is 0 Å². The predicted octanol–water partition coefficient (Wildman–Crippen LogP) is 2.88. The lowest BCUT2D eigenvalue weighted by Gasteiger charge is -2.04. The van der Waals surface area contributed by atoms with E-state index in [0.717, 1.165) is 0 Å². The molecule has 1 aromatic rings. The number of hydrogen-bond donors (Lipinski definition) is 0. The van der Waals surface area contributed by atoms with Crippen molar-refractivity contribution < 1.29 is 17.6 Å². The Morgan fingerprint density at radius 3 is 2.67 bits per heavy atom. The van der Waals surface area contributed by atoms with E-state index in [2.05, 4.69) is 0 Å². The van der Waals surface area contributed by atoms with Crippen LogP contribution in [0.2, 0.25) is 5.02 Å². The molecule has 0 N–H and O–H groups in total. The van der Waals surface area contributed by atoms with Crippen molar-refractivity contribution in [2.24, 2.45) is 0 Å². The van der Waals surface area contributed by atoms with Crippen molar-refractivity contribution in [2.75, 3.05) is 11.5 Å². The molecule has 3 nitrogen and oxygen atoms in total. The van der Waals surface area contributed by atoms with E-state index in [1.807, 2.05) is 0 Å².